The van der Waals surface area contributed by atoms with E-state index in [1.807, 2.05) is 24.3 Å². The van der Waals surface area contributed by atoms with E-state index in [1.165, 1.54) is 12.1 Å². The normalized spacial score (nSPS) is 14.4. The van der Waals surface area contributed by atoms with Crippen LogP contribution in [0.15, 0.2) is 83.8 Å². The first-order valence-corrected chi connectivity index (χ1v) is 11.8. The molecule has 31 heavy (non-hydrogen) atoms. The van der Waals surface area contributed by atoms with Gasteiger partial charge in [-0.25, -0.2) is 8.42 Å². The highest BCUT2D eigenvalue weighted by molar-refractivity contribution is 7.92. The van der Waals surface area contributed by atoms with Crippen LogP contribution in [0.5, 0.6) is 0 Å². The topological polar surface area (TPSA) is 69.7 Å². The van der Waals surface area contributed by atoms with Crippen LogP contribution in [0.25, 0.3) is 0 Å². The van der Waals surface area contributed by atoms with Gasteiger partial charge in [0.05, 0.1) is 4.90 Å². The summed E-state index contributed by atoms with van der Waals surface area (Å²) in [6, 6.07) is 22.4. The molecule has 3 aromatic carbocycles. The summed E-state index contributed by atoms with van der Waals surface area (Å²) in [5.41, 5.74) is 1.84. The molecule has 1 N–H and O–H groups in total. The molecule has 0 aromatic heterocycles. The van der Waals surface area contributed by atoms with Crippen molar-refractivity contribution in [3.05, 3.63) is 89.4 Å². The number of rotatable bonds is 5. The molecular weight excluding hydrogens is 434 g/mol. The number of hydrogen-bond acceptors (Lipinski definition) is 4. The first kappa shape index (κ1) is 21.2. The molecule has 0 saturated carbocycles. The lowest BCUT2D eigenvalue weighted by Gasteiger charge is -2.36. The predicted octanol–water partition coefficient (Wildman–Crippen LogP) is 4.10. The number of benzene rings is 3. The van der Waals surface area contributed by atoms with Crippen LogP contribution in [-0.4, -0.2) is 45.4 Å². The van der Waals surface area contributed by atoms with Crippen molar-refractivity contribution in [2.45, 2.75) is 4.90 Å². The summed E-state index contributed by atoms with van der Waals surface area (Å²) in [6.07, 6.45) is 0. The minimum Gasteiger partial charge on any atom is -0.368 e. The number of sulfonamides is 1. The van der Waals surface area contributed by atoms with E-state index in [4.69, 9.17) is 11.6 Å². The highest BCUT2D eigenvalue weighted by Gasteiger charge is 2.23. The molecule has 3 aromatic rings. The van der Waals surface area contributed by atoms with Gasteiger partial charge in [-0.2, -0.15) is 0 Å². The molecule has 1 aliphatic heterocycles. The fourth-order valence-electron chi connectivity index (χ4n) is 3.55. The van der Waals surface area contributed by atoms with E-state index in [0.717, 1.165) is 5.69 Å². The lowest BCUT2D eigenvalue weighted by atomic mass is 10.1. The van der Waals surface area contributed by atoms with E-state index in [0.29, 0.717) is 42.5 Å². The average molecular weight is 456 g/mol. The number of halogens is 1. The van der Waals surface area contributed by atoms with Gasteiger partial charge < -0.3 is 9.80 Å². The van der Waals surface area contributed by atoms with Gasteiger partial charge in [-0.05, 0) is 48.5 Å². The molecule has 4 rings (SSSR count). The highest BCUT2D eigenvalue weighted by atomic mass is 35.5. The minimum absolute atomic E-state index is 0.119. The van der Waals surface area contributed by atoms with Gasteiger partial charge in [-0.15, -0.1) is 0 Å². The smallest absolute Gasteiger partial charge is 0.261 e. The summed E-state index contributed by atoms with van der Waals surface area (Å²) in [6.45, 7) is 2.55. The summed E-state index contributed by atoms with van der Waals surface area (Å²) < 4.78 is 27.7. The Balaban J connectivity index is 1.43. The van der Waals surface area contributed by atoms with E-state index >= 15 is 0 Å². The Bertz CT molecular complexity index is 1180. The zero-order chi connectivity index (χ0) is 21.8. The number of hydrogen-bond donors (Lipinski definition) is 1. The Labute approximate surface area is 187 Å². The van der Waals surface area contributed by atoms with Gasteiger partial charge in [-0.3, -0.25) is 9.52 Å². The third kappa shape index (κ3) is 5.00. The number of carbonyl (C=O) groups is 1. The molecule has 1 saturated heterocycles. The molecule has 6 nitrogen and oxygen atoms in total. The van der Waals surface area contributed by atoms with Gasteiger partial charge in [0.2, 0.25) is 0 Å². The zero-order valence-corrected chi connectivity index (χ0v) is 18.3. The Morgan fingerprint density at radius 2 is 1.55 bits per heavy atom. The van der Waals surface area contributed by atoms with Gasteiger partial charge in [0.1, 0.15) is 0 Å². The van der Waals surface area contributed by atoms with Crippen LogP contribution in [0.2, 0.25) is 5.02 Å². The van der Waals surface area contributed by atoms with Crippen LogP contribution in [0.3, 0.4) is 0 Å². The fourth-order valence-corrected chi connectivity index (χ4v) is 4.81. The van der Waals surface area contributed by atoms with Crippen molar-refractivity contribution in [2.24, 2.45) is 0 Å². The predicted molar refractivity (Wildman–Crippen MR) is 123 cm³/mol. The summed E-state index contributed by atoms with van der Waals surface area (Å²) in [5, 5.41) is 0.686. The van der Waals surface area contributed by atoms with Crippen LogP contribution < -0.4 is 9.62 Å². The monoisotopic (exact) mass is 455 g/mol. The molecule has 1 fully saturated rings. The molecule has 0 spiro atoms. The Morgan fingerprint density at radius 3 is 2.26 bits per heavy atom. The molecule has 0 unspecified atom stereocenters. The second-order valence-corrected chi connectivity index (χ2v) is 9.38. The van der Waals surface area contributed by atoms with Gasteiger partial charge in [0.15, 0.2) is 0 Å². The Kier molecular flexibility index (Phi) is 6.15. The molecule has 0 aliphatic carbocycles. The van der Waals surface area contributed by atoms with Crippen LogP contribution >= 0.6 is 11.6 Å². The van der Waals surface area contributed by atoms with Crippen molar-refractivity contribution in [3.8, 4) is 0 Å². The molecule has 1 heterocycles. The van der Waals surface area contributed by atoms with Gasteiger partial charge >= 0.3 is 0 Å². The van der Waals surface area contributed by atoms with Crippen LogP contribution in [-0.2, 0) is 10.0 Å². The maximum atomic E-state index is 13.0. The summed E-state index contributed by atoms with van der Waals surface area (Å²) in [5.74, 6) is -0.119. The largest absolute Gasteiger partial charge is 0.368 e. The molecule has 160 valence electrons. The maximum absolute atomic E-state index is 13.0. The quantitative estimate of drug-likeness (QED) is 0.628. The van der Waals surface area contributed by atoms with E-state index in [9.17, 15) is 13.2 Å². The third-order valence-corrected chi connectivity index (χ3v) is 6.79. The highest BCUT2D eigenvalue weighted by Crippen LogP contribution is 2.22. The molecule has 8 heteroatoms. The number of piperazine rings is 1. The first-order chi connectivity index (χ1) is 14.9. The van der Waals surface area contributed by atoms with Crippen molar-refractivity contribution in [3.63, 3.8) is 0 Å². The third-order valence-electron chi connectivity index (χ3n) is 5.16. The Hall–Kier alpha value is -3.03. The SMILES string of the molecule is O=C(c1cccc(NS(=O)(=O)c2ccccc2)c1)N1CCN(c2cccc(Cl)c2)CC1. The second kappa shape index (κ2) is 8.99. The number of anilines is 2. The van der Waals surface area contributed by atoms with Crippen LogP contribution in [0, 0.1) is 0 Å². The lowest BCUT2D eigenvalue weighted by Crippen LogP contribution is -2.48. The average Bonchev–Trinajstić information content (AvgIpc) is 2.79. The van der Waals surface area contributed by atoms with Crippen LogP contribution in [0.4, 0.5) is 11.4 Å². The molecule has 1 aliphatic rings. The van der Waals surface area contributed by atoms with Crippen molar-refractivity contribution >= 4 is 38.9 Å². The molecule has 1 amide bonds. The van der Waals surface area contributed by atoms with Crippen molar-refractivity contribution in [2.75, 3.05) is 35.8 Å². The zero-order valence-electron chi connectivity index (χ0n) is 16.7. The number of nitrogens with zero attached hydrogens (tertiary/aromatic N) is 2. The number of nitrogens with one attached hydrogen (secondary N) is 1. The first-order valence-electron chi connectivity index (χ1n) is 9.90. The molecule has 0 atom stereocenters. The van der Waals surface area contributed by atoms with E-state index < -0.39 is 10.0 Å². The Morgan fingerprint density at radius 1 is 0.839 bits per heavy atom. The van der Waals surface area contributed by atoms with Gasteiger partial charge in [0, 0.05) is 48.1 Å². The summed E-state index contributed by atoms with van der Waals surface area (Å²) in [7, 11) is -3.71. The molecular formula is C23H22ClN3O3S. The van der Waals surface area contributed by atoms with Crippen molar-refractivity contribution in [1.82, 2.24) is 4.90 Å². The molecule has 0 bridgehead atoms. The summed E-state index contributed by atoms with van der Waals surface area (Å²) >= 11 is 6.08. The molecule has 0 radical (unpaired) electrons. The van der Waals surface area contributed by atoms with Gasteiger partial charge in [0.25, 0.3) is 15.9 Å². The van der Waals surface area contributed by atoms with Crippen molar-refractivity contribution < 1.29 is 13.2 Å². The minimum atomic E-state index is -3.71. The standard InChI is InChI=1S/C23H22ClN3O3S/c24-19-7-5-9-21(17-19)26-12-14-27(15-13-26)23(28)18-6-4-8-20(16-18)25-31(29,30)22-10-2-1-3-11-22/h1-11,16-17,25H,12-15H2. The number of amides is 1. The maximum Gasteiger partial charge on any atom is 0.261 e. The van der Waals surface area contributed by atoms with Crippen LogP contribution in [0.1, 0.15) is 10.4 Å². The number of carbonyl (C=O) groups excluding carboxylic acids is 1. The van der Waals surface area contributed by atoms with E-state index in [2.05, 4.69) is 9.62 Å². The van der Waals surface area contributed by atoms with Crippen molar-refractivity contribution in [1.29, 1.82) is 0 Å². The lowest BCUT2D eigenvalue weighted by molar-refractivity contribution is 0.0747. The second-order valence-electron chi connectivity index (χ2n) is 7.26. The van der Waals surface area contributed by atoms with E-state index in [1.54, 1.807) is 47.4 Å². The fraction of sp³-hybridized carbons (Fsp3) is 0.174. The van der Waals surface area contributed by atoms with Gasteiger partial charge in [-0.1, -0.05) is 41.9 Å². The van der Waals surface area contributed by atoms with E-state index in [-0.39, 0.29) is 10.8 Å². The summed E-state index contributed by atoms with van der Waals surface area (Å²) in [4.78, 5) is 17.1.